The van der Waals surface area contributed by atoms with Gasteiger partial charge in [-0.05, 0) is 6.92 Å². The highest BCUT2D eigenvalue weighted by Gasteiger charge is 1.98. The summed E-state index contributed by atoms with van der Waals surface area (Å²) in [6.45, 7) is 2.63. The Morgan fingerprint density at radius 2 is 2.40 bits per heavy atom. The van der Waals surface area contributed by atoms with Crippen LogP contribution in [0, 0.1) is 0 Å². The quantitative estimate of drug-likeness (QED) is 0.665. The number of aryl methyl sites for hydroxylation is 1. The highest BCUT2D eigenvalue weighted by Crippen LogP contribution is 2.15. The second-order valence-corrected chi connectivity index (χ2v) is 2.16. The van der Waals surface area contributed by atoms with E-state index in [0.717, 1.165) is 11.6 Å². The third-order valence-electron chi connectivity index (χ3n) is 1.27. The number of nitrogens with zero attached hydrogens (tertiary/aromatic N) is 1. The lowest BCUT2D eigenvalue weighted by Gasteiger charge is -2.01. The minimum absolute atomic E-state index is 0.678. The number of nitrogen functional groups attached to an aromatic ring is 1. The molecular formula is C7H12N2O. The number of ether oxygens (including phenoxy) is 1. The van der Waals surface area contributed by atoms with Crippen LogP contribution in [0.2, 0.25) is 0 Å². The van der Waals surface area contributed by atoms with Crippen molar-refractivity contribution in [3.63, 3.8) is 0 Å². The monoisotopic (exact) mass is 140 g/mol. The van der Waals surface area contributed by atoms with Gasteiger partial charge in [-0.2, -0.15) is 0 Å². The molecule has 0 saturated carbocycles. The fraction of sp³-hybridized carbons (Fsp3) is 0.429. The topological polar surface area (TPSA) is 40.2 Å². The smallest absolute Gasteiger partial charge is 0.195 e. The Bertz CT molecular complexity index is 217. The molecule has 10 heavy (non-hydrogen) atoms. The van der Waals surface area contributed by atoms with Crippen LogP contribution in [0.5, 0.6) is 5.88 Å². The lowest BCUT2D eigenvalue weighted by atomic mass is 10.5. The molecular weight excluding hydrogens is 128 g/mol. The van der Waals surface area contributed by atoms with Gasteiger partial charge < -0.3 is 15.0 Å². The van der Waals surface area contributed by atoms with Crippen molar-refractivity contribution in [2.75, 3.05) is 12.3 Å². The van der Waals surface area contributed by atoms with E-state index in [9.17, 15) is 0 Å². The fourth-order valence-electron chi connectivity index (χ4n) is 0.860. The molecule has 0 aromatic carbocycles. The summed E-state index contributed by atoms with van der Waals surface area (Å²) >= 11 is 0. The molecule has 1 rings (SSSR count). The summed E-state index contributed by atoms with van der Waals surface area (Å²) in [4.78, 5) is 0. The van der Waals surface area contributed by atoms with Crippen LogP contribution in [0.15, 0.2) is 12.3 Å². The Hall–Kier alpha value is -1.12. The van der Waals surface area contributed by atoms with Gasteiger partial charge in [0.2, 0.25) is 0 Å². The van der Waals surface area contributed by atoms with Crippen molar-refractivity contribution in [1.29, 1.82) is 0 Å². The molecule has 0 fully saturated rings. The summed E-state index contributed by atoms with van der Waals surface area (Å²) in [5, 5.41) is 0. The number of rotatable bonds is 2. The van der Waals surface area contributed by atoms with Gasteiger partial charge in [-0.3, -0.25) is 0 Å². The van der Waals surface area contributed by atoms with Crippen molar-refractivity contribution in [3.8, 4) is 5.88 Å². The van der Waals surface area contributed by atoms with Gasteiger partial charge in [0.15, 0.2) is 5.88 Å². The van der Waals surface area contributed by atoms with Gasteiger partial charge in [-0.1, -0.05) is 0 Å². The maximum Gasteiger partial charge on any atom is 0.195 e. The molecule has 0 aliphatic heterocycles. The molecule has 1 aromatic rings. The summed E-state index contributed by atoms with van der Waals surface area (Å²) in [7, 11) is 1.90. The van der Waals surface area contributed by atoms with Crippen LogP contribution >= 0.6 is 0 Å². The van der Waals surface area contributed by atoms with Crippen molar-refractivity contribution >= 4 is 5.69 Å². The Kier molecular flexibility index (Phi) is 1.85. The maximum absolute atomic E-state index is 5.51. The predicted molar refractivity (Wildman–Crippen MR) is 41.0 cm³/mol. The minimum Gasteiger partial charge on any atom is -0.479 e. The Labute approximate surface area is 60.4 Å². The van der Waals surface area contributed by atoms with E-state index < -0.39 is 0 Å². The molecule has 0 atom stereocenters. The molecule has 0 amide bonds. The van der Waals surface area contributed by atoms with Crippen LogP contribution in [0.4, 0.5) is 5.69 Å². The number of hydrogen-bond acceptors (Lipinski definition) is 2. The van der Waals surface area contributed by atoms with Crippen LogP contribution in [0.3, 0.4) is 0 Å². The first-order valence-corrected chi connectivity index (χ1v) is 3.28. The predicted octanol–water partition coefficient (Wildman–Crippen LogP) is 1.01. The molecule has 0 aliphatic carbocycles. The summed E-state index contributed by atoms with van der Waals surface area (Å²) in [6.07, 6.45) is 1.82. The molecule has 2 N–H and O–H groups in total. The molecule has 0 saturated heterocycles. The normalized spacial score (nSPS) is 9.80. The second-order valence-electron chi connectivity index (χ2n) is 2.16. The zero-order valence-corrected chi connectivity index (χ0v) is 6.29. The van der Waals surface area contributed by atoms with Gasteiger partial charge in [0.25, 0.3) is 0 Å². The standard InChI is InChI=1S/C7H12N2O/c1-3-10-7-4-6(8)5-9(7)2/h4-5H,3,8H2,1-2H3. The van der Waals surface area contributed by atoms with Crippen LogP contribution < -0.4 is 10.5 Å². The van der Waals surface area contributed by atoms with Gasteiger partial charge in [0, 0.05) is 19.3 Å². The largest absolute Gasteiger partial charge is 0.479 e. The molecule has 0 spiro atoms. The summed E-state index contributed by atoms with van der Waals surface area (Å²) in [6, 6.07) is 1.81. The number of nitrogens with two attached hydrogens (primary N) is 1. The molecule has 3 heteroatoms. The van der Waals surface area contributed by atoms with E-state index in [1.54, 1.807) is 0 Å². The average molecular weight is 140 g/mol. The minimum atomic E-state index is 0.678. The Morgan fingerprint density at radius 3 is 2.80 bits per heavy atom. The highest BCUT2D eigenvalue weighted by molar-refractivity contribution is 5.41. The highest BCUT2D eigenvalue weighted by atomic mass is 16.5. The van der Waals surface area contributed by atoms with Crippen molar-refractivity contribution in [1.82, 2.24) is 4.57 Å². The lowest BCUT2D eigenvalue weighted by molar-refractivity contribution is 0.315. The van der Waals surface area contributed by atoms with Crippen molar-refractivity contribution in [2.24, 2.45) is 7.05 Å². The van der Waals surface area contributed by atoms with E-state index in [0.29, 0.717) is 6.61 Å². The van der Waals surface area contributed by atoms with Crippen molar-refractivity contribution < 1.29 is 4.74 Å². The Balaban J connectivity index is 2.81. The molecule has 0 bridgehead atoms. The van der Waals surface area contributed by atoms with E-state index in [1.807, 2.05) is 30.8 Å². The molecule has 0 radical (unpaired) electrons. The number of aromatic nitrogens is 1. The van der Waals surface area contributed by atoms with Gasteiger partial charge in [0.1, 0.15) is 0 Å². The first-order valence-electron chi connectivity index (χ1n) is 3.28. The van der Waals surface area contributed by atoms with Gasteiger partial charge in [0.05, 0.1) is 12.3 Å². The third-order valence-corrected chi connectivity index (χ3v) is 1.27. The Morgan fingerprint density at radius 1 is 1.70 bits per heavy atom. The number of anilines is 1. The summed E-state index contributed by atoms with van der Waals surface area (Å²) in [5.74, 6) is 0.819. The maximum atomic E-state index is 5.51. The van der Waals surface area contributed by atoms with Gasteiger partial charge >= 0.3 is 0 Å². The van der Waals surface area contributed by atoms with Crippen molar-refractivity contribution in [3.05, 3.63) is 12.3 Å². The van der Waals surface area contributed by atoms with E-state index in [-0.39, 0.29) is 0 Å². The molecule has 0 unspecified atom stereocenters. The first kappa shape index (κ1) is 6.99. The lowest BCUT2D eigenvalue weighted by Crippen LogP contribution is -1.96. The van der Waals surface area contributed by atoms with E-state index >= 15 is 0 Å². The average Bonchev–Trinajstić information content (AvgIpc) is 2.13. The SMILES string of the molecule is CCOc1cc(N)cn1C. The summed E-state index contributed by atoms with van der Waals surface area (Å²) in [5.41, 5.74) is 6.25. The van der Waals surface area contributed by atoms with E-state index in [4.69, 9.17) is 10.5 Å². The second kappa shape index (κ2) is 2.64. The molecule has 3 nitrogen and oxygen atoms in total. The fourth-order valence-corrected chi connectivity index (χ4v) is 0.860. The van der Waals surface area contributed by atoms with Crippen LogP contribution in [-0.2, 0) is 7.05 Å². The zero-order chi connectivity index (χ0) is 7.56. The number of hydrogen-bond donors (Lipinski definition) is 1. The molecule has 0 aliphatic rings. The molecule has 1 aromatic heterocycles. The van der Waals surface area contributed by atoms with Crippen LogP contribution in [-0.4, -0.2) is 11.2 Å². The first-order chi connectivity index (χ1) is 4.74. The van der Waals surface area contributed by atoms with Crippen LogP contribution in [0.1, 0.15) is 6.92 Å². The van der Waals surface area contributed by atoms with Crippen LogP contribution in [0.25, 0.3) is 0 Å². The van der Waals surface area contributed by atoms with Gasteiger partial charge in [-0.25, -0.2) is 0 Å². The van der Waals surface area contributed by atoms with E-state index in [2.05, 4.69) is 0 Å². The van der Waals surface area contributed by atoms with E-state index in [1.165, 1.54) is 0 Å². The summed E-state index contributed by atoms with van der Waals surface area (Å²) < 4.78 is 7.10. The molecule has 56 valence electrons. The van der Waals surface area contributed by atoms with Gasteiger partial charge in [-0.15, -0.1) is 0 Å². The third kappa shape index (κ3) is 1.23. The molecule has 1 heterocycles. The van der Waals surface area contributed by atoms with Crippen molar-refractivity contribution in [2.45, 2.75) is 6.92 Å². The zero-order valence-electron chi connectivity index (χ0n) is 6.29.